The molecule has 0 spiro atoms. The summed E-state index contributed by atoms with van der Waals surface area (Å²) in [4.78, 5) is 24.5. The second-order valence-electron chi connectivity index (χ2n) is 21.4. The zero-order valence-corrected chi connectivity index (χ0v) is 46.6. The van der Waals surface area contributed by atoms with E-state index in [4.69, 9.17) is 4.74 Å². The molecule has 0 aliphatic heterocycles. The third-order valence-electron chi connectivity index (χ3n) is 14.5. The molecular formula is C63H121NO5. The molecule has 3 N–H and O–H groups in total. The van der Waals surface area contributed by atoms with E-state index in [1.54, 1.807) is 6.08 Å². The van der Waals surface area contributed by atoms with Gasteiger partial charge in [-0.3, -0.25) is 9.59 Å². The van der Waals surface area contributed by atoms with Gasteiger partial charge in [-0.05, 0) is 57.8 Å². The third kappa shape index (κ3) is 55.5. The molecule has 1 amide bonds. The van der Waals surface area contributed by atoms with E-state index in [2.05, 4.69) is 31.3 Å². The fourth-order valence-corrected chi connectivity index (χ4v) is 9.69. The minimum Gasteiger partial charge on any atom is -0.466 e. The number of aliphatic hydroxyl groups excluding tert-OH is 2. The average Bonchev–Trinajstić information content (AvgIpc) is 3.35. The predicted molar refractivity (Wildman–Crippen MR) is 301 cm³/mol. The van der Waals surface area contributed by atoms with Gasteiger partial charge in [0.1, 0.15) is 0 Å². The molecular weight excluding hydrogens is 851 g/mol. The number of rotatable bonds is 58. The van der Waals surface area contributed by atoms with E-state index in [1.165, 1.54) is 270 Å². The van der Waals surface area contributed by atoms with Crippen molar-refractivity contribution in [1.82, 2.24) is 5.32 Å². The van der Waals surface area contributed by atoms with Crippen LogP contribution < -0.4 is 5.32 Å². The first kappa shape index (κ1) is 67.3. The zero-order valence-electron chi connectivity index (χ0n) is 46.6. The molecule has 0 aromatic carbocycles. The minimum atomic E-state index is -0.848. The van der Waals surface area contributed by atoms with E-state index in [-0.39, 0.29) is 18.5 Å². The lowest BCUT2D eigenvalue weighted by atomic mass is 10.0. The van der Waals surface area contributed by atoms with Gasteiger partial charge in [0.2, 0.25) is 5.91 Å². The molecule has 0 aliphatic rings. The third-order valence-corrected chi connectivity index (χ3v) is 14.5. The number of hydrogen-bond donors (Lipinski definition) is 3. The van der Waals surface area contributed by atoms with Crippen molar-refractivity contribution in [2.45, 2.75) is 353 Å². The maximum absolute atomic E-state index is 12.5. The first-order valence-electron chi connectivity index (χ1n) is 31.1. The van der Waals surface area contributed by atoms with Gasteiger partial charge in [-0.15, -0.1) is 0 Å². The number of allylic oxidation sites excluding steroid dienone is 3. The van der Waals surface area contributed by atoms with Gasteiger partial charge in [-0.1, -0.05) is 295 Å². The van der Waals surface area contributed by atoms with Crippen LogP contribution in [0.5, 0.6) is 0 Å². The quantitative estimate of drug-likeness (QED) is 0.0321. The average molecular weight is 973 g/mol. The second-order valence-corrected chi connectivity index (χ2v) is 21.4. The molecule has 6 nitrogen and oxygen atoms in total. The summed E-state index contributed by atoms with van der Waals surface area (Å²) in [6.07, 6.45) is 72.2. The van der Waals surface area contributed by atoms with Crippen molar-refractivity contribution in [1.29, 1.82) is 0 Å². The molecule has 408 valence electrons. The summed E-state index contributed by atoms with van der Waals surface area (Å²) in [5.41, 5.74) is 0. The Morgan fingerprint density at radius 3 is 1.03 bits per heavy atom. The number of hydrogen-bond acceptors (Lipinski definition) is 5. The topological polar surface area (TPSA) is 95.9 Å². The molecule has 0 rings (SSSR count). The number of nitrogens with one attached hydrogen (secondary N) is 1. The summed E-state index contributed by atoms with van der Waals surface area (Å²) in [5, 5.41) is 23.1. The van der Waals surface area contributed by atoms with Crippen LogP contribution in [0, 0.1) is 0 Å². The Morgan fingerprint density at radius 1 is 0.391 bits per heavy atom. The molecule has 0 heterocycles. The van der Waals surface area contributed by atoms with Crippen molar-refractivity contribution < 1.29 is 24.5 Å². The van der Waals surface area contributed by atoms with Gasteiger partial charge >= 0.3 is 5.97 Å². The van der Waals surface area contributed by atoms with Crippen LogP contribution in [0.4, 0.5) is 0 Å². The Kier molecular flexibility index (Phi) is 57.5. The van der Waals surface area contributed by atoms with E-state index in [1.807, 2.05) is 6.08 Å². The molecule has 2 unspecified atom stereocenters. The molecule has 0 aliphatic carbocycles. The molecule has 0 bridgehead atoms. The summed E-state index contributed by atoms with van der Waals surface area (Å²) in [5.74, 6) is -0.0595. The van der Waals surface area contributed by atoms with Crippen molar-refractivity contribution in [3.05, 3.63) is 24.3 Å². The van der Waals surface area contributed by atoms with Gasteiger partial charge in [-0.2, -0.15) is 0 Å². The van der Waals surface area contributed by atoms with Gasteiger partial charge in [-0.25, -0.2) is 0 Å². The van der Waals surface area contributed by atoms with Gasteiger partial charge in [0.15, 0.2) is 0 Å². The zero-order chi connectivity index (χ0) is 50.0. The molecule has 6 heteroatoms. The van der Waals surface area contributed by atoms with E-state index < -0.39 is 12.1 Å². The van der Waals surface area contributed by atoms with E-state index in [0.717, 1.165) is 44.9 Å². The Hall–Kier alpha value is -1.66. The molecule has 0 aromatic heterocycles. The summed E-state index contributed by atoms with van der Waals surface area (Å²) in [6, 6.07) is -0.632. The number of esters is 1. The minimum absolute atomic E-state index is 0.0128. The second kappa shape index (κ2) is 58.9. The van der Waals surface area contributed by atoms with E-state index in [0.29, 0.717) is 19.4 Å². The van der Waals surface area contributed by atoms with Gasteiger partial charge in [0.05, 0.1) is 25.4 Å². The van der Waals surface area contributed by atoms with Crippen LogP contribution in [0.15, 0.2) is 24.3 Å². The molecule has 2 atom stereocenters. The van der Waals surface area contributed by atoms with Crippen LogP contribution in [-0.2, 0) is 14.3 Å². The Morgan fingerprint density at radius 2 is 0.681 bits per heavy atom. The molecule has 0 aromatic rings. The smallest absolute Gasteiger partial charge is 0.305 e. The van der Waals surface area contributed by atoms with Crippen LogP contribution in [0.1, 0.15) is 341 Å². The predicted octanol–water partition coefficient (Wildman–Crippen LogP) is 19.4. The van der Waals surface area contributed by atoms with Crippen molar-refractivity contribution in [3.8, 4) is 0 Å². The summed E-state index contributed by atoms with van der Waals surface area (Å²) in [7, 11) is 0. The highest BCUT2D eigenvalue weighted by molar-refractivity contribution is 5.76. The normalized spacial score (nSPS) is 12.7. The highest BCUT2D eigenvalue weighted by Gasteiger charge is 2.18. The molecule has 0 saturated heterocycles. The van der Waals surface area contributed by atoms with Crippen molar-refractivity contribution >= 4 is 11.9 Å². The van der Waals surface area contributed by atoms with E-state index >= 15 is 0 Å². The van der Waals surface area contributed by atoms with Crippen molar-refractivity contribution in [2.75, 3.05) is 13.2 Å². The SMILES string of the molecule is CCCCCCCCCCCCCCCC/C=C/C(O)C(CO)NC(=O)CCCCCCCCC/C=C\CCCCCCCCCCCCCCOC(=O)CCCCCCCCCCCCCCC. The Bertz CT molecular complexity index is 1080. The van der Waals surface area contributed by atoms with Gasteiger partial charge in [0.25, 0.3) is 0 Å². The van der Waals surface area contributed by atoms with Crippen LogP contribution in [0.25, 0.3) is 0 Å². The summed E-state index contributed by atoms with van der Waals surface area (Å²) < 4.78 is 5.48. The maximum atomic E-state index is 12.5. The highest BCUT2D eigenvalue weighted by atomic mass is 16.5. The molecule has 0 fully saturated rings. The van der Waals surface area contributed by atoms with Crippen molar-refractivity contribution in [3.63, 3.8) is 0 Å². The summed E-state index contributed by atoms with van der Waals surface area (Å²) >= 11 is 0. The fraction of sp³-hybridized carbons (Fsp3) is 0.905. The number of carbonyl (C=O) groups is 2. The van der Waals surface area contributed by atoms with Crippen LogP contribution in [0.2, 0.25) is 0 Å². The molecule has 0 saturated carbocycles. The lowest BCUT2D eigenvalue weighted by molar-refractivity contribution is -0.143. The lowest BCUT2D eigenvalue weighted by Gasteiger charge is -2.20. The van der Waals surface area contributed by atoms with Crippen LogP contribution in [0.3, 0.4) is 0 Å². The number of unbranched alkanes of at least 4 members (excludes halogenated alkanes) is 45. The number of aliphatic hydroxyl groups is 2. The lowest BCUT2D eigenvalue weighted by Crippen LogP contribution is -2.45. The van der Waals surface area contributed by atoms with Crippen molar-refractivity contribution in [2.24, 2.45) is 0 Å². The van der Waals surface area contributed by atoms with Crippen LogP contribution in [-0.4, -0.2) is 47.4 Å². The van der Waals surface area contributed by atoms with Gasteiger partial charge < -0.3 is 20.3 Å². The Labute approximate surface area is 431 Å². The summed E-state index contributed by atoms with van der Waals surface area (Å²) in [6.45, 7) is 4.92. The fourth-order valence-electron chi connectivity index (χ4n) is 9.69. The maximum Gasteiger partial charge on any atom is 0.305 e. The van der Waals surface area contributed by atoms with Gasteiger partial charge in [0, 0.05) is 12.8 Å². The monoisotopic (exact) mass is 972 g/mol. The Balaban J connectivity index is 3.43. The highest BCUT2D eigenvalue weighted by Crippen LogP contribution is 2.17. The van der Waals surface area contributed by atoms with Crippen LogP contribution >= 0.6 is 0 Å². The largest absolute Gasteiger partial charge is 0.466 e. The molecule has 0 radical (unpaired) electrons. The number of carbonyl (C=O) groups excluding carboxylic acids is 2. The first-order chi connectivity index (χ1) is 34.0. The van der Waals surface area contributed by atoms with E-state index in [9.17, 15) is 19.8 Å². The first-order valence-corrected chi connectivity index (χ1v) is 31.1. The standard InChI is InChI=1S/C63H121NO5/c1-3-5-7-9-11-13-15-17-18-28-32-35-39-43-47-51-55-61(66)60(59-65)64-62(67)56-52-48-44-40-36-33-29-26-24-22-20-19-21-23-25-27-30-34-38-42-46-50-54-58-69-63(68)57-53-49-45-41-37-31-16-14-12-10-8-6-4-2/h22,24,51,55,60-61,65-66H,3-21,23,25-50,52-54,56-59H2,1-2H3,(H,64,67)/b24-22-,55-51+. The number of amides is 1. The molecule has 69 heavy (non-hydrogen) atoms. The number of ether oxygens (including phenoxy) is 1.